The summed E-state index contributed by atoms with van der Waals surface area (Å²) >= 11 is 0. The molecule has 0 aliphatic carbocycles. The van der Waals surface area contributed by atoms with E-state index in [0.717, 1.165) is 84.6 Å². The fraction of sp³-hybridized carbons (Fsp3) is 0.947. The molecule has 0 amide bonds. The molecule has 2 aliphatic heterocycles. The van der Waals surface area contributed by atoms with Crippen LogP contribution in [-0.4, -0.2) is 112 Å². The van der Waals surface area contributed by atoms with E-state index in [0.29, 0.717) is 13.1 Å². The van der Waals surface area contributed by atoms with E-state index >= 15 is 0 Å². The van der Waals surface area contributed by atoms with Gasteiger partial charge in [0, 0.05) is 45.8 Å². The van der Waals surface area contributed by atoms with Gasteiger partial charge in [0.15, 0.2) is 5.96 Å². The molecule has 2 saturated heterocycles. The number of halogens is 1. The average molecular weight is 513 g/mol. The molecule has 9 heteroatoms. The zero-order valence-electron chi connectivity index (χ0n) is 17.6. The Morgan fingerprint density at radius 1 is 1.00 bits per heavy atom. The van der Waals surface area contributed by atoms with Crippen molar-refractivity contribution in [3.05, 3.63) is 0 Å². The average Bonchev–Trinajstić information content (AvgIpc) is 2.67. The summed E-state index contributed by atoms with van der Waals surface area (Å²) in [5.41, 5.74) is -0.837. The van der Waals surface area contributed by atoms with Crippen molar-refractivity contribution in [3.63, 3.8) is 0 Å². The first-order chi connectivity index (χ1) is 13.1. The van der Waals surface area contributed by atoms with Crippen LogP contribution in [0.1, 0.15) is 26.7 Å². The van der Waals surface area contributed by atoms with Crippen LogP contribution in [-0.2, 0) is 9.47 Å². The Hall–Kier alpha value is -0.200. The topological polar surface area (TPSA) is 81.6 Å². The molecule has 0 aromatic rings. The Balaban J connectivity index is 0.00000392. The predicted octanol–water partition coefficient (Wildman–Crippen LogP) is 0.355. The molecule has 2 rings (SSSR count). The van der Waals surface area contributed by atoms with Gasteiger partial charge in [0.2, 0.25) is 0 Å². The van der Waals surface area contributed by atoms with Crippen LogP contribution < -0.4 is 10.6 Å². The Kier molecular flexibility index (Phi) is 13.6. The minimum atomic E-state index is -0.837. The summed E-state index contributed by atoms with van der Waals surface area (Å²) in [7, 11) is 0. The minimum Gasteiger partial charge on any atom is -0.387 e. The van der Waals surface area contributed by atoms with Crippen LogP contribution in [0.25, 0.3) is 0 Å². The molecule has 1 atom stereocenters. The highest BCUT2D eigenvalue weighted by molar-refractivity contribution is 14.0. The van der Waals surface area contributed by atoms with Gasteiger partial charge in [-0.15, -0.1) is 24.0 Å². The minimum absolute atomic E-state index is 0. The van der Waals surface area contributed by atoms with Gasteiger partial charge in [0.05, 0.1) is 38.6 Å². The fourth-order valence-electron chi connectivity index (χ4n) is 3.37. The van der Waals surface area contributed by atoms with Gasteiger partial charge in [0.25, 0.3) is 0 Å². The highest BCUT2D eigenvalue weighted by Crippen LogP contribution is 2.09. The van der Waals surface area contributed by atoms with Crippen molar-refractivity contribution in [1.82, 2.24) is 20.4 Å². The summed E-state index contributed by atoms with van der Waals surface area (Å²) in [6.45, 7) is 14.8. The summed E-state index contributed by atoms with van der Waals surface area (Å²) in [5.74, 6) is 0.783. The second-order valence-corrected chi connectivity index (χ2v) is 7.67. The molecule has 0 spiro atoms. The number of nitrogens with zero attached hydrogens (tertiary/aromatic N) is 3. The molecule has 0 aromatic carbocycles. The summed E-state index contributed by atoms with van der Waals surface area (Å²) in [4.78, 5) is 9.30. The standard InChI is InChI=1S/C19H39N5O3.HI/c1-3-20-18(21-6-4-5-7-23-8-12-26-13-9-23)22-16-19(2,25)17-24-10-14-27-15-11-24;/h25H,3-17H2,1-2H3,(H2,20,21,22);1H. The first kappa shape index (κ1) is 25.8. The van der Waals surface area contributed by atoms with Crippen molar-refractivity contribution in [2.45, 2.75) is 32.3 Å². The number of nitrogens with one attached hydrogen (secondary N) is 2. The molecule has 28 heavy (non-hydrogen) atoms. The molecule has 3 N–H and O–H groups in total. The van der Waals surface area contributed by atoms with E-state index in [1.54, 1.807) is 0 Å². The highest BCUT2D eigenvalue weighted by atomic mass is 127. The quantitative estimate of drug-likeness (QED) is 0.169. The van der Waals surface area contributed by atoms with Gasteiger partial charge in [-0.25, -0.2) is 0 Å². The third kappa shape index (κ3) is 11.1. The fourth-order valence-corrected chi connectivity index (χ4v) is 3.37. The molecule has 0 saturated carbocycles. The van der Waals surface area contributed by atoms with Crippen LogP contribution in [0.4, 0.5) is 0 Å². The normalized spacial score (nSPS) is 21.6. The van der Waals surface area contributed by atoms with Crippen LogP contribution in [0.3, 0.4) is 0 Å². The van der Waals surface area contributed by atoms with Gasteiger partial charge >= 0.3 is 0 Å². The second-order valence-electron chi connectivity index (χ2n) is 7.67. The van der Waals surface area contributed by atoms with E-state index in [2.05, 4.69) is 32.3 Å². The molecule has 0 bridgehead atoms. The number of rotatable bonds is 10. The number of unbranched alkanes of at least 4 members (excludes halogenated alkanes) is 1. The zero-order valence-corrected chi connectivity index (χ0v) is 20.0. The number of guanidine groups is 1. The Bertz CT molecular complexity index is 428. The van der Waals surface area contributed by atoms with Crippen LogP contribution >= 0.6 is 24.0 Å². The third-order valence-electron chi connectivity index (χ3n) is 4.89. The predicted molar refractivity (Wildman–Crippen MR) is 124 cm³/mol. The Morgan fingerprint density at radius 3 is 2.21 bits per heavy atom. The number of β-amino-alcohol motifs (C(OH)–C–C–N with tert-alkyl or cyclic N) is 1. The third-order valence-corrected chi connectivity index (χ3v) is 4.89. The summed E-state index contributed by atoms with van der Waals surface area (Å²) in [6, 6.07) is 0. The first-order valence-electron chi connectivity index (χ1n) is 10.4. The highest BCUT2D eigenvalue weighted by Gasteiger charge is 2.25. The van der Waals surface area contributed by atoms with Gasteiger partial charge in [0.1, 0.15) is 0 Å². The summed E-state index contributed by atoms with van der Waals surface area (Å²) in [5, 5.41) is 17.3. The first-order valence-corrected chi connectivity index (χ1v) is 10.4. The molecule has 0 radical (unpaired) electrons. The molecule has 8 nitrogen and oxygen atoms in total. The SMILES string of the molecule is CCNC(=NCC(C)(O)CN1CCOCC1)NCCCCN1CCOCC1.I. The van der Waals surface area contributed by atoms with E-state index in [1.807, 2.05) is 6.92 Å². The number of aliphatic hydroxyl groups is 1. The van der Waals surface area contributed by atoms with Crippen LogP contribution in [0, 0.1) is 0 Å². The summed E-state index contributed by atoms with van der Waals surface area (Å²) in [6.07, 6.45) is 2.27. The molecule has 2 aliphatic rings. The van der Waals surface area contributed by atoms with Crippen molar-refractivity contribution in [2.24, 2.45) is 4.99 Å². The zero-order chi connectivity index (χ0) is 19.4. The lowest BCUT2D eigenvalue weighted by Gasteiger charge is -2.33. The second kappa shape index (κ2) is 14.7. The van der Waals surface area contributed by atoms with Gasteiger partial charge < -0.3 is 25.2 Å². The maximum atomic E-state index is 10.7. The number of hydrogen-bond donors (Lipinski definition) is 3. The molecule has 1 unspecified atom stereocenters. The van der Waals surface area contributed by atoms with Crippen LogP contribution in [0.2, 0.25) is 0 Å². The molecular formula is C19H40IN5O3. The lowest BCUT2D eigenvalue weighted by molar-refractivity contribution is -0.0180. The van der Waals surface area contributed by atoms with Crippen molar-refractivity contribution < 1.29 is 14.6 Å². The van der Waals surface area contributed by atoms with Gasteiger partial charge in [-0.1, -0.05) is 0 Å². The lowest BCUT2D eigenvalue weighted by Crippen LogP contribution is -2.48. The molecule has 2 fully saturated rings. The van der Waals surface area contributed by atoms with Crippen molar-refractivity contribution in [1.29, 1.82) is 0 Å². The van der Waals surface area contributed by atoms with E-state index in [1.165, 1.54) is 6.42 Å². The van der Waals surface area contributed by atoms with Crippen LogP contribution in [0.5, 0.6) is 0 Å². The van der Waals surface area contributed by atoms with Crippen molar-refractivity contribution in [2.75, 3.05) is 85.3 Å². The molecular weight excluding hydrogens is 473 g/mol. The monoisotopic (exact) mass is 513 g/mol. The van der Waals surface area contributed by atoms with Crippen molar-refractivity contribution in [3.8, 4) is 0 Å². The van der Waals surface area contributed by atoms with E-state index in [9.17, 15) is 5.11 Å². The number of hydrogen-bond acceptors (Lipinski definition) is 6. The van der Waals surface area contributed by atoms with Gasteiger partial charge in [-0.3, -0.25) is 14.8 Å². The van der Waals surface area contributed by atoms with E-state index in [4.69, 9.17) is 9.47 Å². The molecule has 0 aromatic heterocycles. The molecule has 2 heterocycles. The van der Waals surface area contributed by atoms with Gasteiger partial charge in [-0.05, 0) is 33.2 Å². The van der Waals surface area contributed by atoms with Crippen molar-refractivity contribution >= 4 is 29.9 Å². The summed E-state index contributed by atoms with van der Waals surface area (Å²) < 4.78 is 10.7. The van der Waals surface area contributed by atoms with Gasteiger partial charge in [-0.2, -0.15) is 0 Å². The maximum Gasteiger partial charge on any atom is 0.191 e. The number of aliphatic imine (C=N–C) groups is 1. The Morgan fingerprint density at radius 2 is 1.61 bits per heavy atom. The maximum absolute atomic E-state index is 10.7. The lowest BCUT2D eigenvalue weighted by atomic mass is 10.1. The largest absolute Gasteiger partial charge is 0.387 e. The number of ether oxygens (including phenoxy) is 2. The van der Waals surface area contributed by atoms with E-state index in [-0.39, 0.29) is 24.0 Å². The molecule has 166 valence electrons. The van der Waals surface area contributed by atoms with Crippen LogP contribution in [0.15, 0.2) is 4.99 Å². The Labute approximate surface area is 187 Å². The number of morpholine rings is 2. The van der Waals surface area contributed by atoms with E-state index < -0.39 is 5.60 Å². The smallest absolute Gasteiger partial charge is 0.191 e.